The first kappa shape index (κ1) is 11.4. The molecule has 88 valence electrons. The number of nitrogens with one attached hydrogen (secondary N) is 1. The van der Waals surface area contributed by atoms with Crippen LogP contribution in [0.5, 0.6) is 0 Å². The van der Waals surface area contributed by atoms with Gasteiger partial charge in [0.1, 0.15) is 0 Å². The van der Waals surface area contributed by atoms with Crippen molar-refractivity contribution < 1.29 is 0 Å². The van der Waals surface area contributed by atoms with E-state index in [9.17, 15) is 0 Å². The number of hydrogen-bond donors (Lipinski definition) is 1. The highest BCUT2D eigenvalue weighted by atomic mass is 15.2. The maximum atomic E-state index is 3.69. The maximum absolute atomic E-state index is 3.69. The Morgan fingerprint density at radius 2 is 2.07 bits per heavy atom. The first-order valence-electron chi connectivity index (χ1n) is 6.61. The van der Waals surface area contributed by atoms with Crippen molar-refractivity contribution in [2.24, 2.45) is 5.41 Å². The van der Waals surface area contributed by atoms with Crippen LogP contribution >= 0.6 is 0 Å². The Hall–Kier alpha value is -0.0800. The van der Waals surface area contributed by atoms with Gasteiger partial charge in [0.05, 0.1) is 0 Å². The van der Waals surface area contributed by atoms with E-state index >= 15 is 0 Å². The Labute approximate surface area is 94.4 Å². The largest absolute Gasteiger partial charge is 0.315 e. The molecule has 1 saturated carbocycles. The molecule has 2 rings (SSSR count). The van der Waals surface area contributed by atoms with Gasteiger partial charge in [0.2, 0.25) is 0 Å². The van der Waals surface area contributed by atoms with Gasteiger partial charge in [-0.3, -0.25) is 0 Å². The molecule has 0 radical (unpaired) electrons. The minimum atomic E-state index is 0.632. The van der Waals surface area contributed by atoms with Gasteiger partial charge in [-0.2, -0.15) is 0 Å². The number of piperidine rings is 1. The Bertz CT molecular complexity index is 199. The van der Waals surface area contributed by atoms with E-state index < -0.39 is 0 Å². The summed E-state index contributed by atoms with van der Waals surface area (Å²) in [6, 6.07) is 0.794. The lowest BCUT2D eigenvalue weighted by molar-refractivity contribution is 0.138. The third kappa shape index (κ3) is 2.94. The quantitative estimate of drug-likeness (QED) is 0.765. The maximum Gasteiger partial charge on any atom is 0.0217 e. The van der Waals surface area contributed by atoms with Gasteiger partial charge >= 0.3 is 0 Å². The molecule has 1 unspecified atom stereocenters. The molecule has 2 aliphatic rings. The van der Waals surface area contributed by atoms with Gasteiger partial charge in [0.25, 0.3) is 0 Å². The highest BCUT2D eigenvalue weighted by Crippen LogP contribution is 2.39. The SMILES string of the molecule is CN1CCCCC1CNCC1(C)CCC1. The lowest BCUT2D eigenvalue weighted by Gasteiger charge is -2.40. The lowest BCUT2D eigenvalue weighted by atomic mass is 9.70. The molecule has 0 spiro atoms. The molecule has 1 heterocycles. The van der Waals surface area contributed by atoms with E-state index in [1.54, 1.807) is 0 Å². The molecule has 2 fully saturated rings. The van der Waals surface area contributed by atoms with E-state index in [1.165, 1.54) is 58.2 Å². The van der Waals surface area contributed by atoms with Crippen LogP contribution in [0.25, 0.3) is 0 Å². The number of rotatable bonds is 4. The molecule has 15 heavy (non-hydrogen) atoms. The van der Waals surface area contributed by atoms with E-state index in [0.717, 1.165) is 6.04 Å². The summed E-state index contributed by atoms with van der Waals surface area (Å²) in [6.45, 7) is 6.15. The minimum absolute atomic E-state index is 0.632. The average Bonchev–Trinajstić information content (AvgIpc) is 2.18. The molecule has 1 aliphatic carbocycles. The van der Waals surface area contributed by atoms with Crippen LogP contribution in [0.1, 0.15) is 45.4 Å². The highest BCUT2D eigenvalue weighted by Gasteiger charge is 2.31. The molecule has 1 saturated heterocycles. The summed E-state index contributed by atoms with van der Waals surface area (Å²) in [6.07, 6.45) is 8.52. The smallest absolute Gasteiger partial charge is 0.0217 e. The molecule has 0 aromatic carbocycles. The van der Waals surface area contributed by atoms with E-state index in [2.05, 4.69) is 24.2 Å². The number of hydrogen-bond acceptors (Lipinski definition) is 2. The van der Waals surface area contributed by atoms with Gasteiger partial charge in [-0.15, -0.1) is 0 Å². The number of likely N-dealkylation sites (N-methyl/N-ethyl adjacent to an activating group) is 1. The molecule has 0 amide bonds. The molecular weight excluding hydrogens is 184 g/mol. The molecular formula is C13H26N2. The van der Waals surface area contributed by atoms with Gasteiger partial charge in [-0.1, -0.05) is 19.8 Å². The van der Waals surface area contributed by atoms with Crippen molar-refractivity contribution in [3.05, 3.63) is 0 Å². The molecule has 2 nitrogen and oxygen atoms in total. The fourth-order valence-electron chi connectivity index (χ4n) is 2.90. The Morgan fingerprint density at radius 3 is 2.67 bits per heavy atom. The van der Waals surface area contributed by atoms with Crippen LogP contribution in [-0.4, -0.2) is 37.6 Å². The third-order valence-electron chi connectivity index (χ3n) is 4.41. The fourth-order valence-corrected chi connectivity index (χ4v) is 2.90. The Morgan fingerprint density at radius 1 is 1.27 bits per heavy atom. The topological polar surface area (TPSA) is 15.3 Å². The fraction of sp³-hybridized carbons (Fsp3) is 1.00. The summed E-state index contributed by atoms with van der Waals surface area (Å²) in [4.78, 5) is 2.53. The van der Waals surface area contributed by atoms with Gasteiger partial charge in [0.15, 0.2) is 0 Å². The summed E-state index contributed by atoms with van der Waals surface area (Å²) in [5.74, 6) is 0. The monoisotopic (exact) mass is 210 g/mol. The Kier molecular flexibility index (Phi) is 3.68. The number of nitrogens with zero attached hydrogens (tertiary/aromatic N) is 1. The second-order valence-electron chi connectivity index (χ2n) is 5.93. The summed E-state index contributed by atoms with van der Waals surface area (Å²) >= 11 is 0. The van der Waals surface area contributed by atoms with Gasteiger partial charge < -0.3 is 10.2 Å². The van der Waals surface area contributed by atoms with Crippen LogP contribution in [0.3, 0.4) is 0 Å². The van der Waals surface area contributed by atoms with Crippen molar-refractivity contribution in [1.29, 1.82) is 0 Å². The molecule has 0 aromatic rings. The molecule has 2 heteroatoms. The zero-order chi connectivity index (χ0) is 10.7. The molecule has 0 aromatic heterocycles. The molecule has 1 N–H and O–H groups in total. The van der Waals surface area contributed by atoms with Crippen LogP contribution in [0.2, 0.25) is 0 Å². The van der Waals surface area contributed by atoms with E-state index in [-0.39, 0.29) is 0 Å². The first-order valence-corrected chi connectivity index (χ1v) is 6.61. The van der Waals surface area contributed by atoms with Gasteiger partial charge in [-0.25, -0.2) is 0 Å². The van der Waals surface area contributed by atoms with E-state index in [0.29, 0.717) is 5.41 Å². The van der Waals surface area contributed by atoms with Crippen molar-refractivity contribution in [2.45, 2.75) is 51.5 Å². The van der Waals surface area contributed by atoms with Crippen LogP contribution in [0.4, 0.5) is 0 Å². The summed E-state index contributed by atoms with van der Waals surface area (Å²) in [7, 11) is 2.27. The molecule has 1 aliphatic heterocycles. The zero-order valence-corrected chi connectivity index (χ0v) is 10.4. The third-order valence-corrected chi connectivity index (χ3v) is 4.41. The zero-order valence-electron chi connectivity index (χ0n) is 10.4. The normalized spacial score (nSPS) is 31.2. The van der Waals surface area contributed by atoms with Crippen molar-refractivity contribution >= 4 is 0 Å². The standard InChI is InChI=1S/C13H26N2/c1-13(7-5-8-13)11-14-10-12-6-3-4-9-15(12)2/h12,14H,3-11H2,1-2H3. The minimum Gasteiger partial charge on any atom is -0.315 e. The van der Waals surface area contributed by atoms with E-state index in [1.807, 2.05) is 0 Å². The summed E-state index contributed by atoms with van der Waals surface area (Å²) < 4.78 is 0. The van der Waals surface area contributed by atoms with Crippen LogP contribution in [-0.2, 0) is 0 Å². The van der Waals surface area contributed by atoms with E-state index in [4.69, 9.17) is 0 Å². The summed E-state index contributed by atoms with van der Waals surface area (Å²) in [5, 5.41) is 3.69. The highest BCUT2D eigenvalue weighted by molar-refractivity contribution is 4.86. The molecule has 1 atom stereocenters. The summed E-state index contributed by atoms with van der Waals surface area (Å²) in [5.41, 5.74) is 0.632. The second-order valence-corrected chi connectivity index (χ2v) is 5.93. The van der Waals surface area contributed by atoms with Crippen LogP contribution in [0.15, 0.2) is 0 Å². The van der Waals surface area contributed by atoms with Crippen molar-refractivity contribution in [1.82, 2.24) is 10.2 Å². The molecule has 0 bridgehead atoms. The first-order chi connectivity index (χ1) is 7.20. The van der Waals surface area contributed by atoms with Crippen molar-refractivity contribution in [3.63, 3.8) is 0 Å². The van der Waals surface area contributed by atoms with Crippen molar-refractivity contribution in [2.75, 3.05) is 26.7 Å². The average molecular weight is 210 g/mol. The Balaban J connectivity index is 1.64. The van der Waals surface area contributed by atoms with Gasteiger partial charge in [0, 0.05) is 19.1 Å². The predicted octanol–water partition coefficient (Wildman–Crippen LogP) is 2.25. The van der Waals surface area contributed by atoms with Crippen molar-refractivity contribution in [3.8, 4) is 0 Å². The number of likely N-dealkylation sites (tertiary alicyclic amines) is 1. The van der Waals surface area contributed by atoms with Crippen LogP contribution < -0.4 is 5.32 Å². The predicted molar refractivity (Wildman–Crippen MR) is 65.1 cm³/mol. The second kappa shape index (κ2) is 4.84. The van der Waals surface area contributed by atoms with Crippen LogP contribution in [0, 0.1) is 5.41 Å². The van der Waals surface area contributed by atoms with Gasteiger partial charge in [-0.05, 0) is 44.7 Å². The lowest BCUT2D eigenvalue weighted by Crippen LogP contribution is -2.46.